The molecule has 0 spiro atoms. The van der Waals surface area contributed by atoms with Crippen molar-refractivity contribution >= 4 is 12.3 Å². The summed E-state index contributed by atoms with van der Waals surface area (Å²) in [6.45, 7) is 1.75. The fourth-order valence-electron chi connectivity index (χ4n) is 0.503. The second-order valence-electron chi connectivity index (χ2n) is 1.91. The Hall–Kier alpha value is -0.860. The lowest BCUT2D eigenvalue weighted by Gasteiger charge is -1.97. The van der Waals surface area contributed by atoms with Gasteiger partial charge in [0.15, 0.2) is 6.61 Å². The molecule has 0 heterocycles. The molecular weight excluding hydrogens is 132 g/mol. The molecule has 1 radical (unpaired) electrons. The van der Waals surface area contributed by atoms with Crippen molar-refractivity contribution < 1.29 is 14.3 Å². The van der Waals surface area contributed by atoms with Gasteiger partial charge in [-0.2, -0.15) is 0 Å². The summed E-state index contributed by atoms with van der Waals surface area (Å²) >= 11 is 0. The van der Waals surface area contributed by atoms with Crippen molar-refractivity contribution in [1.29, 1.82) is 0 Å². The van der Waals surface area contributed by atoms with Crippen molar-refractivity contribution in [2.24, 2.45) is 0 Å². The third kappa shape index (κ3) is 5.28. The van der Waals surface area contributed by atoms with Crippen LogP contribution in [0.3, 0.4) is 0 Å². The number of unbranched alkanes of at least 4 members (excludes halogenated alkanes) is 1. The van der Waals surface area contributed by atoms with Gasteiger partial charge in [-0.3, -0.25) is 9.59 Å². The summed E-state index contributed by atoms with van der Waals surface area (Å²) in [7, 11) is 0. The SMILES string of the molecule is CCCCC(=O)OC[C]=O. The first kappa shape index (κ1) is 9.14. The molecule has 0 saturated heterocycles. The minimum atomic E-state index is -0.315. The van der Waals surface area contributed by atoms with Gasteiger partial charge in [-0.25, -0.2) is 0 Å². The number of hydrogen-bond donors (Lipinski definition) is 0. The van der Waals surface area contributed by atoms with Crippen LogP contribution in [0.4, 0.5) is 0 Å². The van der Waals surface area contributed by atoms with E-state index in [9.17, 15) is 9.59 Å². The molecule has 0 unspecified atom stereocenters. The Morgan fingerprint density at radius 3 is 2.80 bits per heavy atom. The Morgan fingerprint density at radius 2 is 2.30 bits per heavy atom. The Bertz CT molecular complexity index is 109. The van der Waals surface area contributed by atoms with Gasteiger partial charge >= 0.3 is 5.97 Å². The van der Waals surface area contributed by atoms with Gasteiger partial charge in [0.1, 0.15) is 0 Å². The van der Waals surface area contributed by atoms with Crippen LogP contribution < -0.4 is 0 Å². The predicted octanol–water partition coefficient (Wildman–Crippen LogP) is 0.830. The number of esters is 1. The zero-order valence-corrected chi connectivity index (χ0v) is 6.05. The Morgan fingerprint density at radius 1 is 1.60 bits per heavy atom. The summed E-state index contributed by atoms with van der Waals surface area (Å²) in [6.07, 6.45) is 3.66. The van der Waals surface area contributed by atoms with Gasteiger partial charge in [0.25, 0.3) is 0 Å². The van der Waals surface area contributed by atoms with Crippen molar-refractivity contribution in [3.8, 4) is 0 Å². The van der Waals surface area contributed by atoms with Gasteiger partial charge in [-0.1, -0.05) is 13.3 Å². The highest BCUT2D eigenvalue weighted by Crippen LogP contribution is 1.95. The molecule has 3 heteroatoms. The maximum absolute atomic E-state index is 10.6. The Labute approximate surface area is 60.4 Å². The van der Waals surface area contributed by atoms with Crippen LogP contribution in [-0.4, -0.2) is 18.9 Å². The monoisotopic (exact) mass is 143 g/mol. The summed E-state index contributed by atoms with van der Waals surface area (Å²) < 4.78 is 4.43. The molecule has 0 saturated carbocycles. The molecular formula is C7H11O3. The van der Waals surface area contributed by atoms with E-state index in [4.69, 9.17) is 0 Å². The molecule has 0 aromatic rings. The average Bonchev–Trinajstić information content (AvgIpc) is 1.97. The second kappa shape index (κ2) is 6.26. The normalized spacial score (nSPS) is 8.90. The lowest BCUT2D eigenvalue weighted by atomic mass is 10.2. The van der Waals surface area contributed by atoms with E-state index in [0.717, 1.165) is 12.8 Å². The van der Waals surface area contributed by atoms with Crippen LogP contribution in [-0.2, 0) is 14.3 Å². The quantitative estimate of drug-likeness (QED) is 0.535. The molecule has 57 valence electrons. The Balaban J connectivity index is 3.16. The van der Waals surface area contributed by atoms with Crippen LogP contribution in [0.5, 0.6) is 0 Å². The molecule has 0 fully saturated rings. The van der Waals surface area contributed by atoms with E-state index in [1.54, 1.807) is 0 Å². The first-order valence-electron chi connectivity index (χ1n) is 3.32. The number of carbonyl (C=O) groups excluding carboxylic acids is 2. The van der Waals surface area contributed by atoms with Crippen LogP contribution in [0.1, 0.15) is 26.2 Å². The van der Waals surface area contributed by atoms with Crippen molar-refractivity contribution in [1.82, 2.24) is 0 Å². The predicted molar refractivity (Wildman–Crippen MR) is 36.2 cm³/mol. The van der Waals surface area contributed by atoms with Gasteiger partial charge in [0.2, 0.25) is 6.29 Å². The summed E-state index contributed by atoms with van der Waals surface area (Å²) in [5, 5.41) is 0. The fourth-order valence-corrected chi connectivity index (χ4v) is 0.503. The van der Waals surface area contributed by atoms with E-state index in [0.29, 0.717) is 6.42 Å². The minimum absolute atomic E-state index is 0.234. The van der Waals surface area contributed by atoms with Gasteiger partial charge in [0.05, 0.1) is 0 Å². The van der Waals surface area contributed by atoms with Gasteiger partial charge < -0.3 is 4.74 Å². The third-order valence-electron chi connectivity index (χ3n) is 1.03. The van der Waals surface area contributed by atoms with Crippen molar-refractivity contribution in [3.05, 3.63) is 0 Å². The molecule has 0 aromatic heterocycles. The average molecular weight is 143 g/mol. The number of ether oxygens (including phenoxy) is 1. The molecule has 0 aliphatic rings. The summed E-state index contributed by atoms with van der Waals surface area (Å²) in [5.41, 5.74) is 0. The molecule has 3 nitrogen and oxygen atoms in total. The minimum Gasteiger partial charge on any atom is -0.457 e. The number of rotatable bonds is 5. The van der Waals surface area contributed by atoms with E-state index < -0.39 is 0 Å². The molecule has 0 amide bonds. The summed E-state index contributed by atoms with van der Waals surface area (Å²) in [5.74, 6) is -0.315. The van der Waals surface area contributed by atoms with Crippen LogP contribution >= 0.6 is 0 Å². The topological polar surface area (TPSA) is 43.4 Å². The van der Waals surface area contributed by atoms with Gasteiger partial charge in [0, 0.05) is 6.42 Å². The zero-order chi connectivity index (χ0) is 7.82. The van der Waals surface area contributed by atoms with Crippen molar-refractivity contribution in [3.63, 3.8) is 0 Å². The highest BCUT2D eigenvalue weighted by atomic mass is 16.5. The number of carbonyl (C=O) groups is 1. The van der Waals surface area contributed by atoms with Crippen LogP contribution in [0.15, 0.2) is 0 Å². The molecule has 0 aliphatic heterocycles. The second-order valence-corrected chi connectivity index (χ2v) is 1.91. The molecule has 0 atom stereocenters. The van der Waals surface area contributed by atoms with Crippen molar-refractivity contribution in [2.75, 3.05) is 6.61 Å². The lowest BCUT2D eigenvalue weighted by Crippen LogP contribution is -2.05. The first-order chi connectivity index (χ1) is 4.81. The standard InChI is InChI=1S/C7H11O3/c1-2-3-4-7(9)10-6-5-8/h2-4,6H2,1H3. The lowest BCUT2D eigenvalue weighted by molar-refractivity contribution is -0.142. The van der Waals surface area contributed by atoms with Gasteiger partial charge in [-0.05, 0) is 6.42 Å². The zero-order valence-electron chi connectivity index (χ0n) is 6.05. The van der Waals surface area contributed by atoms with Crippen LogP contribution in [0.25, 0.3) is 0 Å². The van der Waals surface area contributed by atoms with E-state index in [1.807, 2.05) is 6.92 Å². The van der Waals surface area contributed by atoms with E-state index in [2.05, 4.69) is 4.74 Å². The van der Waals surface area contributed by atoms with Crippen LogP contribution in [0, 0.1) is 0 Å². The van der Waals surface area contributed by atoms with Crippen molar-refractivity contribution in [2.45, 2.75) is 26.2 Å². The molecule has 0 aliphatic carbocycles. The smallest absolute Gasteiger partial charge is 0.306 e. The molecule has 0 bridgehead atoms. The highest BCUT2D eigenvalue weighted by Gasteiger charge is 1.99. The largest absolute Gasteiger partial charge is 0.457 e. The fraction of sp³-hybridized carbons (Fsp3) is 0.714. The summed E-state index contributed by atoms with van der Waals surface area (Å²) in [6, 6.07) is 0. The third-order valence-corrected chi connectivity index (χ3v) is 1.03. The van der Waals surface area contributed by atoms with Gasteiger partial charge in [-0.15, -0.1) is 0 Å². The van der Waals surface area contributed by atoms with E-state index in [-0.39, 0.29) is 12.6 Å². The maximum Gasteiger partial charge on any atom is 0.306 e. The van der Waals surface area contributed by atoms with E-state index >= 15 is 0 Å². The first-order valence-corrected chi connectivity index (χ1v) is 3.32. The summed E-state index contributed by atoms with van der Waals surface area (Å²) in [4.78, 5) is 20.1. The molecule has 0 rings (SSSR count). The highest BCUT2D eigenvalue weighted by molar-refractivity contribution is 5.71. The molecule has 0 aromatic carbocycles. The molecule has 10 heavy (non-hydrogen) atoms. The number of hydrogen-bond acceptors (Lipinski definition) is 3. The molecule has 0 N–H and O–H groups in total. The van der Waals surface area contributed by atoms with E-state index in [1.165, 1.54) is 6.29 Å². The maximum atomic E-state index is 10.6. The van der Waals surface area contributed by atoms with Crippen LogP contribution in [0.2, 0.25) is 0 Å². The Kier molecular flexibility index (Phi) is 5.72.